The van der Waals surface area contributed by atoms with E-state index in [1.54, 1.807) is 12.3 Å². The van der Waals surface area contributed by atoms with Crippen molar-refractivity contribution in [3.05, 3.63) is 60.1 Å². The highest BCUT2D eigenvalue weighted by molar-refractivity contribution is 7.92. The van der Waals surface area contributed by atoms with Crippen molar-refractivity contribution in [3.8, 4) is 5.82 Å². The largest absolute Gasteiger partial charge is 0.386 e. The Bertz CT molecular complexity index is 1260. The Morgan fingerprint density at radius 2 is 2.09 bits per heavy atom. The van der Waals surface area contributed by atoms with Gasteiger partial charge in [-0.3, -0.25) is 14.5 Å². The third-order valence-electron chi connectivity index (χ3n) is 4.86. The van der Waals surface area contributed by atoms with Gasteiger partial charge in [0.25, 0.3) is 5.91 Å². The number of amides is 1. The van der Waals surface area contributed by atoms with Gasteiger partial charge in [-0.25, -0.2) is 18.1 Å². The van der Waals surface area contributed by atoms with Crippen molar-refractivity contribution in [3.63, 3.8) is 0 Å². The average Bonchev–Trinajstić information content (AvgIpc) is 3.18. The molecule has 4 rings (SSSR count). The van der Waals surface area contributed by atoms with Crippen molar-refractivity contribution in [2.24, 2.45) is 0 Å². The van der Waals surface area contributed by atoms with E-state index in [0.717, 1.165) is 6.26 Å². The second-order valence-electron chi connectivity index (χ2n) is 7.66. The molecule has 13 heteroatoms. The van der Waals surface area contributed by atoms with Crippen LogP contribution in [-0.4, -0.2) is 74.2 Å². The number of anilines is 1. The highest BCUT2D eigenvalue weighted by atomic mass is 32.2. The molecule has 1 aliphatic rings. The molecule has 0 bridgehead atoms. The maximum Gasteiger partial charge on any atom is 0.272 e. The zero-order valence-corrected chi connectivity index (χ0v) is 17.8. The maximum atomic E-state index is 13.3. The minimum atomic E-state index is -3.48. The van der Waals surface area contributed by atoms with Gasteiger partial charge in [0.05, 0.1) is 36.9 Å². The lowest BCUT2D eigenvalue weighted by Crippen LogP contribution is -2.63. The van der Waals surface area contributed by atoms with E-state index in [4.69, 9.17) is 0 Å². The monoisotopic (exact) mass is 461 g/mol. The number of likely N-dealkylation sites (tertiary alicyclic amines) is 1. The predicted molar refractivity (Wildman–Crippen MR) is 111 cm³/mol. The fourth-order valence-electron chi connectivity index (χ4n) is 3.36. The fourth-order valence-corrected chi connectivity index (χ4v) is 3.92. The number of halogens is 1. The van der Waals surface area contributed by atoms with Crippen molar-refractivity contribution in [2.75, 3.05) is 24.1 Å². The molecule has 3 aromatic heterocycles. The third-order valence-corrected chi connectivity index (χ3v) is 5.47. The number of carbonyl (C=O) groups is 1. The normalized spacial score (nSPS) is 15.3. The van der Waals surface area contributed by atoms with E-state index in [1.165, 1.54) is 40.0 Å². The van der Waals surface area contributed by atoms with Gasteiger partial charge in [0.1, 0.15) is 11.3 Å². The van der Waals surface area contributed by atoms with E-state index in [2.05, 4.69) is 25.0 Å². The van der Waals surface area contributed by atoms with Crippen molar-refractivity contribution in [2.45, 2.75) is 18.4 Å². The molecule has 0 radical (unpaired) electrons. The number of sulfonamides is 1. The highest BCUT2D eigenvalue weighted by Gasteiger charge is 2.43. The molecule has 1 amide bonds. The molecule has 1 fully saturated rings. The van der Waals surface area contributed by atoms with E-state index in [-0.39, 0.29) is 24.5 Å². The van der Waals surface area contributed by atoms with Crippen LogP contribution in [0.4, 0.5) is 10.1 Å². The summed E-state index contributed by atoms with van der Waals surface area (Å²) in [4.78, 5) is 21.8. The van der Waals surface area contributed by atoms with Gasteiger partial charge in [0.15, 0.2) is 5.82 Å². The van der Waals surface area contributed by atoms with Gasteiger partial charge in [-0.1, -0.05) is 11.3 Å². The van der Waals surface area contributed by atoms with Crippen LogP contribution < -0.4 is 4.72 Å². The Hall–Kier alpha value is -3.45. The van der Waals surface area contributed by atoms with Gasteiger partial charge in [-0.2, -0.15) is 4.39 Å². The van der Waals surface area contributed by atoms with Gasteiger partial charge in [-0.05, 0) is 37.1 Å². The van der Waals surface area contributed by atoms with E-state index in [9.17, 15) is 22.7 Å². The summed E-state index contributed by atoms with van der Waals surface area (Å²) in [6.07, 6.45) is 4.70. The molecule has 0 atom stereocenters. The zero-order valence-electron chi connectivity index (χ0n) is 17.0. The second kappa shape index (κ2) is 8.24. The van der Waals surface area contributed by atoms with E-state index in [1.807, 2.05) is 0 Å². The number of carbonyl (C=O) groups excluding carboxylic acids is 1. The summed E-state index contributed by atoms with van der Waals surface area (Å²) >= 11 is 0. The lowest BCUT2D eigenvalue weighted by atomic mass is 9.88. The summed E-state index contributed by atoms with van der Waals surface area (Å²) in [5.41, 5.74) is -0.182. The Labute approximate surface area is 183 Å². The first kappa shape index (κ1) is 21.8. The number of aryl methyl sites for hydroxylation is 1. The Balaban J connectivity index is 1.33. The van der Waals surface area contributed by atoms with Crippen LogP contribution in [0.3, 0.4) is 0 Å². The zero-order chi connectivity index (χ0) is 22.9. The molecule has 168 valence electrons. The average molecular weight is 461 g/mol. The molecule has 3 aromatic rings. The third kappa shape index (κ3) is 5.06. The number of rotatable bonds is 7. The van der Waals surface area contributed by atoms with Crippen LogP contribution in [0.2, 0.25) is 0 Å². The van der Waals surface area contributed by atoms with Gasteiger partial charge < -0.3 is 10.0 Å². The van der Waals surface area contributed by atoms with Gasteiger partial charge >= 0.3 is 0 Å². The van der Waals surface area contributed by atoms with Crippen LogP contribution in [0.5, 0.6) is 0 Å². The number of nitrogens with one attached hydrogen (secondary N) is 1. The van der Waals surface area contributed by atoms with Gasteiger partial charge in [-0.15, -0.1) is 5.10 Å². The first-order valence-corrected chi connectivity index (χ1v) is 11.5. The van der Waals surface area contributed by atoms with Crippen LogP contribution in [0, 0.1) is 5.95 Å². The molecule has 32 heavy (non-hydrogen) atoms. The number of hydrogen-bond acceptors (Lipinski definition) is 8. The van der Waals surface area contributed by atoms with Crippen LogP contribution in [-0.2, 0) is 16.4 Å². The number of pyridine rings is 2. The topological polar surface area (TPSA) is 143 Å². The summed E-state index contributed by atoms with van der Waals surface area (Å²) in [6, 6.07) is 7.13. The molecule has 2 N–H and O–H groups in total. The molecule has 0 spiro atoms. The summed E-state index contributed by atoms with van der Waals surface area (Å²) in [6.45, 7) is 0.216. The van der Waals surface area contributed by atoms with E-state index < -0.39 is 27.5 Å². The van der Waals surface area contributed by atoms with Crippen molar-refractivity contribution in [1.82, 2.24) is 29.9 Å². The minimum absolute atomic E-state index is 0.0752. The number of nitrogens with zero attached hydrogens (tertiary/aromatic N) is 6. The molecule has 0 aliphatic carbocycles. The number of hydrogen-bond donors (Lipinski definition) is 2. The van der Waals surface area contributed by atoms with Crippen molar-refractivity contribution >= 4 is 21.6 Å². The summed E-state index contributed by atoms with van der Waals surface area (Å²) < 4.78 is 39.6. The summed E-state index contributed by atoms with van der Waals surface area (Å²) in [5.74, 6) is -0.738. The molecule has 0 saturated carbocycles. The first-order chi connectivity index (χ1) is 15.1. The molecule has 4 heterocycles. The lowest BCUT2D eigenvalue weighted by molar-refractivity contribution is -0.0857. The van der Waals surface area contributed by atoms with E-state index in [0.29, 0.717) is 24.4 Å². The standard InChI is InChI=1S/C19H20FN7O4S/c1-32(30,31)24-13-6-8-21-15(9-13)18(28)26-11-19(29,12-26)7-5-14-10-27(25-23-14)17-4-2-3-16(20)22-17/h2-4,6,8-10,29H,5,7,11-12H2,1H3,(H,21,24). The minimum Gasteiger partial charge on any atom is -0.386 e. The quantitative estimate of drug-likeness (QED) is 0.481. The van der Waals surface area contributed by atoms with E-state index >= 15 is 0 Å². The van der Waals surface area contributed by atoms with Crippen LogP contribution in [0.1, 0.15) is 22.6 Å². The Morgan fingerprint density at radius 3 is 2.81 bits per heavy atom. The Kier molecular flexibility index (Phi) is 5.60. The molecule has 1 saturated heterocycles. The van der Waals surface area contributed by atoms with Gasteiger partial charge in [0, 0.05) is 6.20 Å². The molecular weight excluding hydrogens is 441 g/mol. The van der Waals surface area contributed by atoms with Crippen LogP contribution in [0.25, 0.3) is 5.82 Å². The summed E-state index contributed by atoms with van der Waals surface area (Å²) in [5, 5.41) is 18.6. The predicted octanol–water partition coefficient (Wildman–Crippen LogP) is 0.388. The Morgan fingerprint density at radius 1 is 1.31 bits per heavy atom. The first-order valence-electron chi connectivity index (χ1n) is 9.60. The number of aliphatic hydroxyl groups is 1. The molecule has 0 aromatic carbocycles. The second-order valence-corrected chi connectivity index (χ2v) is 9.41. The molecule has 1 aliphatic heterocycles. The van der Waals surface area contributed by atoms with Crippen LogP contribution in [0.15, 0.2) is 42.7 Å². The maximum absolute atomic E-state index is 13.3. The van der Waals surface area contributed by atoms with Crippen LogP contribution >= 0.6 is 0 Å². The number of β-amino-alcohol motifs (C(OH)–C–C–N with tert-alkyl or cyclic N) is 1. The molecular formula is C19H20FN7O4S. The molecule has 0 unspecified atom stereocenters. The van der Waals surface area contributed by atoms with Gasteiger partial charge in [0.2, 0.25) is 16.0 Å². The summed E-state index contributed by atoms with van der Waals surface area (Å²) in [7, 11) is -3.48. The van der Waals surface area contributed by atoms with Crippen molar-refractivity contribution < 1.29 is 22.7 Å². The number of aromatic nitrogens is 5. The lowest BCUT2D eigenvalue weighted by Gasteiger charge is -2.46. The highest BCUT2D eigenvalue weighted by Crippen LogP contribution is 2.27. The smallest absolute Gasteiger partial charge is 0.272 e. The SMILES string of the molecule is CS(=O)(=O)Nc1ccnc(C(=O)N2CC(O)(CCc3cn(-c4cccc(F)n4)nn3)C2)c1. The van der Waals surface area contributed by atoms with Crippen molar-refractivity contribution in [1.29, 1.82) is 0 Å². The molecule has 11 nitrogen and oxygen atoms in total. The fraction of sp³-hybridized carbons (Fsp3) is 0.316.